The maximum atomic E-state index is 12.2. The number of rotatable bonds is 2. The number of nitrogens with two attached hydrogens (primary N) is 1. The molecule has 1 aliphatic rings. The van der Waals surface area contributed by atoms with Gasteiger partial charge in [-0.05, 0) is 26.7 Å². The van der Waals surface area contributed by atoms with E-state index in [0.717, 1.165) is 25.7 Å². The van der Waals surface area contributed by atoms with Gasteiger partial charge < -0.3 is 15.6 Å². The van der Waals surface area contributed by atoms with E-state index in [9.17, 15) is 4.79 Å². The Bertz CT molecular complexity index is 408. The SMILES string of the molecule is Cc1noc(C)c1C(=O)NC1CCCCCC1N. The van der Waals surface area contributed by atoms with Crippen LogP contribution in [0.2, 0.25) is 0 Å². The molecule has 100 valence electrons. The van der Waals surface area contributed by atoms with Gasteiger partial charge in [-0.3, -0.25) is 4.79 Å². The number of hydrogen-bond acceptors (Lipinski definition) is 4. The van der Waals surface area contributed by atoms with Gasteiger partial charge in [0.05, 0.1) is 5.69 Å². The molecule has 0 aliphatic heterocycles. The largest absolute Gasteiger partial charge is 0.361 e. The lowest BCUT2D eigenvalue weighted by Gasteiger charge is -2.22. The topological polar surface area (TPSA) is 81.2 Å². The first-order valence-corrected chi connectivity index (χ1v) is 6.59. The Labute approximate surface area is 107 Å². The summed E-state index contributed by atoms with van der Waals surface area (Å²) in [5, 5.41) is 6.83. The maximum absolute atomic E-state index is 12.2. The van der Waals surface area contributed by atoms with Crippen LogP contribution in [-0.4, -0.2) is 23.1 Å². The van der Waals surface area contributed by atoms with E-state index in [0.29, 0.717) is 17.0 Å². The summed E-state index contributed by atoms with van der Waals surface area (Å²) >= 11 is 0. The number of aromatic nitrogens is 1. The standard InChI is InChI=1S/C13H21N3O2/c1-8-12(9(2)18-16-8)13(17)15-11-7-5-3-4-6-10(11)14/h10-11H,3-7,14H2,1-2H3,(H,15,17). The third kappa shape index (κ3) is 2.72. The molecule has 0 radical (unpaired) electrons. The van der Waals surface area contributed by atoms with Gasteiger partial charge in [0.25, 0.3) is 5.91 Å². The van der Waals surface area contributed by atoms with E-state index in [1.165, 1.54) is 6.42 Å². The molecule has 1 aliphatic carbocycles. The zero-order valence-corrected chi connectivity index (χ0v) is 11.0. The van der Waals surface area contributed by atoms with Gasteiger partial charge in [0.1, 0.15) is 11.3 Å². The number of carbonyl (C=O) groups is 1. The summed E-state index contributed by atoms with van der Waals surface area (Å²) in [6.45, 7) is 3.53. The summed E-state index contributed by atoms with van der Waals surface area (Å²) in [5.41, 5.74) is 7.28. The highest BCUT2D eigenvalue weighted by Crippen LogP contribution is 2.18. The van der Waals surface area contributed by atoms with E-state index in [4.69, 9.17) is 10.3 Å². The van der Waals surface area contributed by atoms with Crippen LogP contribution in [0, 0.1) is 13.8 Å². The molecule has 5 nitrogen and oxygen atoms in total. The van der Waals surface area contributed by atoms with Crippen molar-refractivity contribution in [2.45, 2.75) is 58.0 Å². The van der Waals surface area contributed by atoms with Crippen LogP contribution < -0.4 is 11.1 Å². The molecular formula is C13H21N3O2. The van der Waals surface area contributed by atoms with E-state index in [-0.39, 0.29) is 18.0 Å². The van der Waals surface area contributed by atoms with Crippen LogP contribution in [0.4, 0.5) is 0 Å². The summed E-state index contributed by atoms with van der Waals surface area (Å²) in [4.78, 5) is 12.2. The second-order valence-corrected chi connectivity index (χ2v) is 5.08. The van der Waals surface area contributed by atoms with Gasteiger partial charge in [-0.2, -0.15) is 0 Å². The van der Waals surface area contributed by atoms with Crippen LogP contribution in [0.3, 0.4) is 0 Å². The fourth-order valence-electron chi connectivity index (χ4n) is 2.56. The number of aryl methyl sites for hydroxylation is 2. The molecule has 0 spiro atoms. The van der Waals surface area contributed by atoms with Gasteiger partial charge in [0.15, 0.2) is 0 Å². The monoisotopic (exact) mass is 251 g/mol. The Balaban J connectivity index is 2.06. The zero-order valence-electron chi connectivity index (χ0n) is 11.0. The van der Waals surface area contributed by atoms with Crippen molar-refractivity contribution in [2.24, 2.45) is 5.73 Å². The van der Waals surface area contributed by atoms with Crippen molar-refractivity contribution >= 4 is 5.91 Å². The number of nitrogens with zero attached hydrogens (tertiary/aromatic N) is 1. The van der Waals surface area contributed by atoms with Crippen molar-refractivity contribution in [3.63, 3.8) is 0 Å². The van der Waals surface area contributed by atoms with Gasteiger partial charge in [-0.15, -0.1) is 0 Å². The lowest BCUT2D eigenvalue weighted by Crippen LogP contribution is -2.47. The van der Waals surface area contributed by atoms with Gasteiger partial charge in [0, 0.05) is 12.1 Å². The van der Waals surface area contributed by atoms with Gasteiger partial charge in [-0.25, -0.2) is 0 Å². The van der Waals surface area contributed by atoms with E-state index in [1.54, 1.807) is 13.8 Å². The Morgan fingerprint density at radius 2 is 2.06 bits per heavy atom. The Kier molecular flexibility index (Phi) is 4.01. The molecule has 2 atom stereocenters. The third-order valence-electron chi connectivity index (χ3n) is 3.65. The molecule has 1 heterocycles. The molecule has 1 aromatic rings. The Morgan fingerprint density at radius 1 is 1.33 bits per heavy atom. The van der Waals surface area contributed by atoms with Crippen molar-refractivity contribution in [3.8, 4) is 0 Å². The minimum atomic E-state index is -0.117. The summed E-state index contributed by atoms with van der Waals surface area (Å²) in [6, 6.07) is 0.116. The highest BCUT2D eigenvalue weighted by Gasteiger charge is 2.25. The van der Waals surface area contributed by atoms with Gasteiger partial charge >= 0.3 is 0 Å². The average Bonchev–Trinajstić information content (AvgIpc) is 2.53. The molecule has 3 N–H and O–H groups in total. The van der Waals surface area contributed by atoms with Crippen molar-refractivity contribution in [1.82, 2.24) is 10.5 Å². The van der Waals surface area contributed by atoms with E-state index >= 15 is 0 Å². The maximum Gasteiger partial charge on any atom is 0.257 e. The highest BCUT2D eigenvalue weighted by molar-refractivity contribution is 5.96. The predicted octanol–water partition coefficient (Wildman–Crippen LogP) is 1.68. The van der Waals surface area contributed by atoms with Crippen LogP contribution in [0.5, 0.6) is 0 Å². The van der Waals surface area contributed by atoms with Gasteiger partial charge in [0.2, 0.25) is 0 Å². The molecule has 18 heavy (non-hydrogen) atoms. The Morgan fingerprint density at radius 3 is 2.72 bits per heavy atom. The summed E-state index contributed by atoms with van der Waals surface area (Å²) in [6.07, 6.45) is 5.41. The first kappa shape index (κ1) is 13.1. The molecule has 1 aromatic heterocycles. The summed E-state index contributed by atoms with van der Waals surface area (Å²) in [5.74, 6) is 0.445. The van der Waals surface area contributed by atoms with E-state index in [2.05, 4.69) is 10.5 Å². The zero-order chi connectivity index (χ0) is 13.1. The number of hydrogen-bond donors (Lipinski definition) is 2. The minimum absolute atomic E-state index is 0.0527. The molecule has 1 fully saturated rings. The fourth-order valence-corrected chi connectivity index (χ4v) is 2.56. The predicted molar refractivity (Wildman–Crippen MR) is 68.3 cm³/mol. The van der Waals surface area contributed by atoms with E-state index in [1.807, 2.05) is 0 Å². The first-order valence-electron chi connectivity index (χ1n) is 6.59. The van der Waals surface area contributed by atoms with Crippen molar-refractivity contribution in [1.29, 1.82) is 0 Å². The third-order valence-corrected chi connectivity index (χ3v) is 3.65. The Hall–Kier alpha value is -1.36. The lowest BCUT2D eigenvalue weighted by molar-refractivity contribution is 0.0927. The molecule has 2 rings (SSSR count). The van der Waals surface area contributed by atoms with Crippen LogP contribution in [-0.2, 0) is 0 Å². The van der Waals surface area contributed by atoms with Crippen molar-refractivity contribution < 1.29 is 9.32 Å². The number of amides is 1. The normalized spacial score (nSPS) is 24.6. The fraction of sp³-hybridized carbons (Fsp3) is 0.692. The molecular weight excluding hydrogens is 230 g/mol. The quantitative estimate of drug-likeness (QED) is 0.784. The average molecular weight is 251 g/mol. The molecule has 0 saturated heterocycles. The molecule has 1 saturated carbocycles. The van der Waals surface area contributed by atoms with Crippen LogP contribution in [0.1, 0.15) is 53.9 Å². The summed E-state index contributed by atoms with van der Waals surface area (Å²) in [7, 11) is 0. The van der Waals surface area contributed by atoms with Gasteiger partial charge in [-0.1, -0.05) is 24.4 Å². The summed E-state index contributed by atoms with van der Waals surface area (Å²) < 4.78 is 5.02. The molecule has 5 heteroatoms. The molecule has 0 bridgehead atoms. The molecule has 1 amide bonds. The second-order valence-electron chi connectivity index (χ2n) is 5.08. The van der Waals surface area contributed by atoms with Crippen LogP contribution in [0.15, 0.2) is 4.52 Å². The van der Waals surface area contributed by atoms with Crippen molar-refractivity contribution in [3.05, 3.63) is 17.0 Å². The molecule has 2 unspecified atom stereocenters. The highest BCUT2D eigenvalue weighted by atomic mass is 16.5. The second kappa shape index (κ2) is 5.52. The minimum Gasteiger partial charge on any atom is -0.361 e. The lowest BCUT2D eigenvalue weighted by atomic mass is 10.0. The van der Waals surface area contributed by atoms with Crippen molar-refractivity contribution in [2.75, 3.05) is 0 Å². The smallest absolute Gasteiger partial charge is 0.257 e. The number of carbonyl (C=O) groups excluding carboxylic acids is 1. The van der Waals surface area contributed by atoms with Crippen LogP contribution in [0.25, 0.3) is 0 Å². The number of nitrogens with one attached hydrogen (secondary N) is 1. The first-order chi connectivity index (χ1) is 8.59. The van der Waals surface area contributed by atoms with Crippen LogP contribution >= 0.6 is 0 Å². The van der Waals surface area contributed by atoms with E-state index < -0.39 is 0 Å². The molecule has 0 aromatic carbocycles.